The van der Waals surface area contributed by atoms with Crippen molar-refractivity contribution in [3.05, 3.63) is 64.1 Å². The number of halogens is 1. The van der Waals surface area contributed by atoms with E-state index in [0.717, 1.165) is 58.1 Å². The van der Waals surface area contributed by atoms with E-state index in [4.69, 9.17) is 4.98 Å². The van der Waals surface area contributed by atoms with E-state index >= 15 is 0 Å². The average molecular weight is 423 g/mol. The molecule has 1 aliphatic heterocycles. The van der Waals surface area contributed by atoms with Crippen LogP contribution in [0.2, 0.25) is 0 Å². The molecule has 4 heteroatoms. The second kappa shape index (κ2) is 7.43. The highest BCUT2D eigenvalue weighted by Crippen LogP contribution is 2.29. The molecule has 0 spiro atoms. The molecule has 0 bridgehead atoms. The Bertz CT molecular complexity index is 989. The lowest BCUT2D eigenvalue weighted by Crippen LogP contribution is -2.27. The Kier molecular flexibility index (Phi) is 5.00. The summed E-state index contributed by atoms with van der Waals surface area (Å²) in [5, 5.41) is 0.906. The van der Waals surface area contributed by atoms with Gasteiger partial charge in [0.05, 0.1) is 16.8 Å². The summed E-state index contributed by atoms with van der Waals surface area (Å²) in [6.07, 6.45) is 2.17. The molecule has 1 saturated heterocycles. The van der Waals surface area contributed by atoms with E-state index in [1.54, 1.807) is 0 Å². The first kappa shape index (κ1) is 18.2. The van der Waals surface area contributed by atoms with Gasteiger partial charge in [0.15, 0.2) is 0 Å². The van der Waals surface area contributed by atoms with E-state index in [9.17, 15) is 4.79 Å². The molecule has 0 N–H and O–H groups in total. The van der Waals surface area contributed by atoms with Crippen LogP contribution in [-0.4, -0.2) is 28.9 Å². The summed E-state index contributed by atoms with van der Waals surface area (Å²) in [6.45, 7) is 6.06. The normalized spacial score (nSPS) is 14.3. The minimum Gasteiger partial charge on any atom is -0.339 e. The maximum atomic E-state index is 13.2. The molecule has 4 rings (SSSR count). The molecule has 27 heavy (non-hydrogen) atoms. The Hall–Kier alpha value is -2.20. The summed E-state index contributed by atoms with van der Waals surface area (Å²) in [6, 6.07) is 16.4. The number of rotatable bonds is 3. The van der Waals surface area contributed by atoms with E-state index in [0.29, 0.717) is 5.92 Å². The van der Waals surface area contributed by atoms with Crippen molar-refractivity contribution < 1.29 is 4.79 Å². The molecule has 0 unspecified atom stereocenters. The van der Waals surface area contributed by atoms with E-state index in [-0.39, 0.29) is 5.91 Å². The van der Waals surface area contributed by atoms with Crippen molar-refractivity contribution in [2.75, 3.05) is 13.1 Å². The van der Waals surface area contributed by atoms with Gasteiger partial charge in [-0.2, -0.15) is 0 Å². The standard InChI is InChI=1S/C23H23BrN2O/c1-15(2)16-5-7-17(8-6-16)22-14-20(23(27)26-11-3-4-12-26)19-13-18(24)9-10-21(19)25-22/h5-10,13-15H,3-4,11-12H2,1-2H3. The highest BCUT2D eigenvalue weighted by Gasteiger charge is 2.22. The van der Waals surface area contributed by atoms with E-state index in [2.05, 4.69) is 54.0 Å². The van der Waals surface area contributed by atoms with Gasteiger partial charge >= 0.3 is 0 Å². The van der Waals surface area contributed by atoms with Crippen LogP contribution >= 0.6 is 15.9 Å². The Morgan fingerprint density at radius 2 is 1.74 bits per heavy atom. The molecule has 3 aromatic rings. The van der Waals surface area contributed by atoms with Crippen LogP contribution in [0, 0.1) is 0 Å². The van der Waals surface area contributed by atoms with Gasteiger partial charge in [-0.1, -0.05) is 54.0 Å². The van der Waals surface area contributed by atoms with Crippen LogP contribution in [0.4, 0.5) is 0 Å². The number of hydrogen-bond acceptors (Lipinski definition) is 2. The first-order valence-electron chi connectivity index (χ1n) is 9.53. The van der Waals surface area contributed by atoms with Gasteiger partial charge in [0.1, 0.15) is 0 Å². The highest BCUT2D eigenvalue weighted by molar-refractivity contribution is 9.10. The largest absolute Gasteiger partial charge is 0.339 e. The predicted octanol–water partition coefficient (Wildman–Crippen LogP) is 6.02. The monoisotopic (exact) mass is 422 g/mol. The zero-order valence-electron chi connectivity index (χ0n) is 15.7. The maximum absolute atomic E-state index is 13.2. The first-order valence-corrected chi connectivity index (χ1v) is 10.3. The van der Waals surface area contributed by atoms with Crippen LogP contribution < -0.4 is 0 Å². The van der Waals surface area contributed by atoms with Crippen molar-refractivity contribution >= 4 is 32.7 Å². The van der Waals surface area contributed by atoms with Crippen molar-refractivity contribution in [3.8, 4) is 11.3 Å². The number of nitrogens with zero attached hydrogens (tertiary/aromatic N) is 2. The number of amides is 1. The molecular weight excluding hydrogens is 400 g/mol. The Balaban J connectivity index is 1.84. The SMILES string of the molecule is CC(C)c1ccc(-c2cc(C(=O)N3CCCC3)c3cc(Br)ccc3n2)cc1. The lowest BCUT2D eigenvalue weighted by Gasteiger charge is -2.17. The fourth-order valence-corrected chi connectivity index (χ4v) is 4.01. The van der Waals surface area contributed by atoms with Crippen LogP contribution in [0.3, 0.4) is 0 Å². The number of likely N-dealkylation sites (tertiary alicyclic amines) is 1. The molecule has 2 heterocycles. The molecule has 1 aliphatic rings. The summed E-state index contributed by atoms with van der Waals surface area (Å²) >= 11 is 3.53. The summed E-state index contributed by atoms with van der Waals surface area (Å²) in [5.74, 6) is 0.603. The molecule has 0 radical (unpaired) electrons. The van der Waals surface area contributed by atoms with E-state index in [1.165, 1.54) is 5.56 Å². The van der Waals surface area contributed by atoms with Gasteiger partial charge in [-0.15, -0.1) is 0 Å². The molecule has 2 aromatic carbocycles. The first-order chi connectivity index (χ1) is 13.0. The molecule has 1 amide bonds. The van der Waals surface area contributed by atoms with Crippen LogP contribution in [0.25, 0.3) is 22.2 Å². The van der Waals surface area contributed by atoms with Crippen LogP contribution in [0.5, 0.6) is 0 Å². The summed E-state index contributed by atoms with van der Waals surface area (Å²) in [7, 11) is 0. The molecule has 0 aliphatic carbocycles. The third kappa shape index (κ3) is 3.63. The average Bonchev–Trinajstić information content (AvgIpc) is 3.21. The topological polar surface area (TPSA) is 33.2 Å². The minimum atomic E-state index is 0.109. The van der Waals surface area contributed by atoms with Crippen molar-refractivity contribution in [2.45, 2.75) is 32.6 Å². The second-order valence-electron chi connectivity index (χ2n) is 7.49. The van der Waals surface area contributed by atoms with Gasteiger partial charge in [-0.3, -0.25) is 4.79 Å². The molecule has 1 aromatic heterocycles. The zero-order chi connectivity index (χ0) is 19.0. The van der Waals surface area contributed by atoms with Crippen LogP contribution in [0.1, 0.15) is 48.5 Å². The van der Waals surface area contributed by atoms with Gasteiger partial charge in [-0.25, -0.2) is 4.98 Å². The van der Waals surface area contributed by atoms with Crippen LogP contribution in [-0.2, 0) is 0 Å². The number of hydrogen-bond donors (Lipinski definition) is 0. The maximum Gasteiger partial charge on any atom is 0.254 e. The molecule has 1 fully saturated rings. The van der Waals surface area contributed by atoms with Gasteiger partial charge in [0.25, 0.3) is 5.91 Å². The molecule has 138 valence electrons. The molecule has 0 atom stereocenters. The number of pyridine rings is 1. The number of fused-ring (bicyclic) bond motifs is 1. The fourth-order valence-electron chi connectivity index (χ4n) is 3.65. The van der Waals surface area contributed by atoms with Gasteiger partial charge in [0, 0.05) is 28.5 Å². The third-order valence-electron chi connectivity index (χ3n) is 5.27. The van der Waals surface area contributed by atoms with E-state index in [1.807, 2.05) is 29.2 Å². The quantitative estimate of drug-likeness (QED) is 0.516. The lowest BCUT2D eigenvalue weighted by molar-refractivity contribution is 0.0794. The Morgan fingerprint density at radius 1 is 1.04 bits per heavy atom. The van der Waals surface area contributed by atoms with Crippen molar-refractivity contribution in [2.24, 2.45) is 0 Å². The third-order valence-corrected chi connectivity index (χ3v) is 5.76. The summed E-state index contributed by atoms with van der Waals surface area (Å²) in [4.78, 5) is 20.0. The zero-order valence-corrected chi connectivity index (χ0v) is 17.3. The second-order valence-corrected chi connectivity index (χ2v) is 8.41. The predicted molar refractivity (Wildman–Crippen MR) is 114 cm³/mol. The fraction of sp³-hybridized carbons (Fsp3) is 0.304. The van der Waals surface area contributed by atoms with Gasteiger partial charge in [-0.05, 0) is 48.6 Å². The molecule has 0 saturated carbocycles. The minimum absolute atomic E-state index is 0.109. The van der Waals surface area contributed by atoms with Crippen molar-refractivity contribution in [1.29, 1.82) is 0 Å². The highest BCUT2D eigenvalue weighted by atomic mass is 79.9. The number of aromatic nitrogens is 1. The molecular formula is C23H23BrN2O. The van der Waals surface area contributed by atoms with Crippen LogP contribution in [0.15, 0.2) is 53.0 Å². The number of carbonyl (C=O) groups excluding carboxylic acids is 1. The Labute approximate surface area is 168 Å². The van der Waals surface area contributed by atoms with E-state index < -0.39 is 0 Å². The van der Waals surface area contributed by atoms with Gasteiger partial charge < -0.3 is 4.90 Å². The molecule has 3 nitrogen and oxygen atoms in total. The van der Waals surface area contributed by atoms with Crippen molar-refractivity contribution in [1.82, 2.24) is 9.88 Å². The summed E-state index contributed by atoms with van der Waals surface area (Å²) in [5.41, 5.74) is 4.79. The Morgan fingerprint density at radius 3 is 2.41 bits per heavy atom. The number of carbonyl (C=O) groups is 1. The smallest absolute Gasteiger partial charge is 0.254 e. The summed E-state index contributed by atoms with van der Waals surface area (Å²) < 4.78 is 0.960. The van der Waals surface area contributed by atoms with Gasteiger partial charge in [0.2, 0.25) is 0 Å². The lowest BCUT2D eigenvalue weighted by atomic mass is 9.99. The van der Waals surface area contributed by atoms with Crippen molar-refractivity contribution in [3.63, 3.8) is 0 Å². The number of benzene rings is 2.